The van der Waals surface area contributed by atoms with Gasteiger partial charge in [-0.2, -0.15) is 0 Å². The molecule has 0 amide bonds. The van der Waals surface area contributed by atoms with Crippen LogP contribution in [0.1, 0.15) is 16.7 Å². The molecule has 1 aliphatic heterocycles. The summed E-state index contributed by atoms with van der Waals surface area (Å²) in [6.45, 7) is 4.11. The van der Waals surface area contributed by atoms with Crippen LogP contribution in [0.15, 0.2) is 12.1 Å². The molecule has 0 fully saturated rings. The average molecular weight is 234 g/mol. The zero-order chi connectivity index (χ0) is 12.7. The quantitative estimate of drug-likeness (QED) is 0.803. The minimum atomic E-state index is -0.941. The number of carbonyl (C=O) groups is 1. The lowest BCUT2D eigenvalue weighted by Crippen LogP contribution is -2.49. The van der Waals surface area contributed by atoms with Crippen molar-refractivity contribution < 1.29 is 9.90 Å². The van der Waals surface area contributed by atoms with E-state index in [2.05, 4.69) is 19.1 Å². The van der Waals surface area contributed by atoms with E-state index in [9.17, 15) is 4.79 Å². The van der Waals surface area contributed by atoms with Gasteiger partial charge in [-0.15, -0.1) is 0 Å². The van der Waals surface area contributed by atoms with Crippen LogP contribution in [0.4, 0.5) is 5.69 Å². The minimum Gasteiger partial charge on any atom is -0.480 e. The minimum absolute atomic E-state index is 0.150. The number of hydrogen-bond acceptors (Lipinski definition) is 3. The Kier molecular flexibility index (Phi) is 2.83. The molecule has 17 heavy (non-hydrogen) atoms. The predicted octanol–water partition coefficient (Wildman–Crippen LogP) is 1.08. The van der Waals surface area contributed by atoms with Crippen LogP contribution in [-0.4, -0.2) is 30.2 Å². The summed E-state index contributed by atoms with van der Waals surface area (Å²) in [6.07, 6.45) is 0.714. The van der Waals surface area contributed by atoms with Crippen LogP contribution in [0, 0.1) is 13.8 Å². The van der Waals surface area contributed by atoms with Crippen molar-refractivity contribution in [3.8, 4) is 0 Å². The maximum absolute atomic E-state index is 11.0. The highest BCUT2D eigenvalue weighted by atomic mass is 16.4. The SMILES string of the molecule is Cc1cc(C)c2c(c1)N(C)C(C(N)C(=O)O)C2. The first-order chi connectivity index (χ1) is 7.91. The summed E-state index contributed by atoms with van der Waals surface area (Å²) in [4.78, 5) is 13.0. The van der Waals surface area contributed by atoms with Crippen molar-refractivity contribution >= 4 is 11.7 Å². The van der Waals surface area contributed by atoms with Crippen LogP contribution < -0.4 is 10.6 Å². The number of carboxylic acid groups (broad SMARTS) is 1. The third-order valence-corrected chi connectivity index (χ3v) is 3.58. The summed E-state index contributed by atoms with van der Waals surface area (Å²) < 4.78 is 0. The van der Waals surface area contributed by atoms with Gasteiger partial charge in [0.1, 0.15) is 6.04 Å². The summed E-state index contributed by atoms with van der Waals surface area (Å²) >= 11 is 0. The molecule has 4 nitrogen and oxygen atoms in total. The number of hydrogen-bond donors (Lipinski definition) is 2. The Labute approximate surface area is 101 Å². The van der Waals surface area contributed by atoms with Crippen molar-refractivity contribution in [1.82, 2.24) is 0 Å². The van der Waals surface area contributed by atoms with Crippen molar-refractivity contribution in [2.75, 3.05) is 11.9 Å². The summed E-state index contributed by atoms with van der Waals surface area (Å²) in [5.74, 6) is -0.941. The second-order valence-corrected chi connectivity index (χ2v) is 4.83. The molecule has 0 aliphatic carbocycles. The number of benzene rings is 1. The highest BCUT2D eigenvalue weighted by Gasteiger charge is 2.35. The molecule has 3 N–H and O–H groups in total. The molecule has 1 aliphatic rings. The fraction of sp³-hybridized carbons (Fsp3) is 0.462. The molecular formula is C13H18N2O2. The third-order valence-electron chi connectivity index (χ3n) is 3.58. The largest absolute Gasteiger partial charge is 0.480 e. The van der Waals surface area contributed by atoms with Gasteiger partial charge in [-0.3, -0.25) is 4.79 Å². The number of anilines is 1. The lowest BCUT2D eigenvalue weighted by atomic mass is 9.99. The van der Waals surface area contributed by atoms with Gasteiger partial charge in [0.05, 0.1) is 6.04 Å². The zero-order valence-corrected chi connectivity index (χ0v) is 10.4. The maximum atomic E-state index is 11.0. The van der Waals surface area contributed by atoms with Crippen molar-refractivity contribution in [3.05, 3.63) is 28.8 Å². The number of aliphatic carboxylic acids is 1. The van der Waals surface area contributed by atoms with E-state index in [1.807, 2.05) is 18.9 Å². The van der Waals surface area contributed by atoms with E-state index < -0.39 is 12.0 Å². The third kappa shape index (κ3) is 1.89. The topological polar surface area (TPSA) is 66.6 Å². The number of nitrogens with two attached hydrogens (primary N) is 1. The zero-order valence-electron chi connectivity index (χ0n) is 10.4. The number of carboxylic acids is 1. The molecule has 1 aromatic rings. The number of rotatable bonds is 2. The monoisotopic (exact) mass is 234 g/mol. The Hall–Kier alpha value is -1.55. The van der Waals surface area contributed by atoms with Crippen molar-refractivity contribution in [2.45, 2.75) is 32.4 Å². The van der Waals surface area contributed by atoms with E-state index >= 15 is 0 Å². The van der Waals surface area contributed by atoms with Gasteiger partial charge >= 0.3 is 5.97 Å². The first kappa shape index (κ1) is 11.9. The molecule has 1 heterocycles. The summed E-state index contributed by atoms with van der Waals surface area (Å²) in [6, 6.07) is 3.23. The molecule has 2 atom stereocenters. The molecular weight excluding hydrogens is 216 g/mol. The van der Waals surface area contributed by atoms with Crippen LogP contribution in [0.5, 0.6) is 0 Å². The lowest BCUT2D eigenvalue weighted by Gasteiger charge is -2.25. The highest BCUT2D eigenvalue weighted by Crippen LogP contribution is 2.35. The van der Waals surface area contributed by atoms with Gasteiger partial charge < -0.3 is 15.7 Å². The summed E-state index contributed by atoms with van der Waals surface area (Å²) in [5.41, 5.74) is 10.5. The second-order valence-electron chi connectivity index (χ2n) is 4.83. The van der Waals surface area contributed by atoms with Gasteiger partial charge in [0, 0.05) is 12.7 Å². The Morgan fingerprint density at radius 3 is 2.76 bits per heavy atom. The van der Waals surface area contributed by atoms with Crippen LogP contribution in [0.2, 0.25) is 0 Å². The molecule has 0 saturated heterocycles. The van der Waals surface area contributed by atoms with Crippen molar-refractivity contribution in [1.29, 1.82) is 0 Å². The molecule has 1 aromatic carbocycles. The first-order valence-corrected chi connectivity index (χ1v) is 5.73. The molecule has 2 unspecified atom stereocenters. The van der Waals surface area contributed by atoms with E-state index in [-0.39, 0.29) is 6.04 Å². The Bertz CT molecular complexity index is 471. The van der Waals surface area contributed by atoms with Gasteiger partial charge in [-0.25, -0.2) is 0 Å². The van der Waals surface area contributed by atoms with E-state index in [1.54, 1.807) is 0 Å². The molecule has 0 radical (unpaired) electrons. The van der Waals surface area contributed by atoms with Crippen LogP contribution in [0.3, 0.4) is 0 Å². The summed E-state index contributed by atoms with van der Waals surface area (Å²) in [7, 11) is 1.91. The second kappa shape index (κ2) is 4.04. The highest BCUT2D eigenvalue weighted by molar-refractivity contribution is 5.77. The standard InChI is InChI=1S/C13H18N2O2/c1-7-4-8(2)9-6-11(12(14)13(16)17)15(3)10(9)5-7/h4-5,11-12H,6,14H2,1-3H3,(H,16,17). The molecule has 0 spiro atoms. The molecule has 0 saturated carbocycles. The molecule has 4 heteroatoms. The fourth-order valence-corrected chi connectivity index (χ4v) is 2.61. The molecule has 92 valence electrons. The number of fused-ring (bicyclic) bond motifs is 1. The maximum Gasteiger partial charge on any atom is 0.322 e. The number of likely N-dealkylation sites (N-methyl/N-ethyl adjacent to an activating group) is 1. The van der Waals surface area contributed by atoms with E-state index in [0.717, 1.165) is 5.69 Å². The van der Waals surface area contributed by atoms with Crippen LogP contribution in [0.25, 0.3) is 0 Å². The molecule has 0 bridgehead atoms. The predicted molar refractivity (Wildman–Crippen MR) is 67.4 cm³/mol. The van der Waals surface area contributed by atoms with Gasteiger partial charge in [0.25, 0.3) is 0 Å². The van der Waals surface area contributed by atoms with Crippen molar-refractivity contribution in [3.63, 3.8) is 0 Å². The smallest absolute Gasteiger partial charge is 0.322 e. The number of nitrogens with zero attached hydrogens (tertiary/aromatic N) is 1. The summed E-state index contributed by atoms with van der Waals surface area (Å²) in [5, 5.41) is 9.01. The van der Waals surface area contributed by atoms with Gasteiger partial charge in [-0.1, -0.05) is 6.07 Å². The van der Waals surface area contributed by atoms with Gasteiger partial charge in [0.2, 0.25) is 0 Å². The number of aryl methyl sites for hydroxylation is 2. The van der Waals surface area contributed by atoms with Crippen LogP contribution in [-0.2, 0) is 11.2 Å². The Balaban J connectivity index is 2.39. The fourth-order valence-electron chi connectivity index (χ4n) is 2.61. The normalized spacial score (nSPS) is 20.2. The lowest BCUT2D eigenvalue weighted by molar-refractivity contribution is -0.138. The molecule has 2 rings (SSSR count). The van der Waals surface area contributed by atoms with E-state index in [4.69, 9.17) is 10.8 Å². The van der Waals surface area contributed by atoms with Crippen molar-refractivity contribution in [2.24, 2.45) is 5.73 Å². The molecule has 0 aromatic heterocycles. The Morgan fingerprint density at radius 2 is 2.18 bits per heavy atom. The van der Waals surface area contributed by atoms with E-state index in [0.29, 0.717) is 6.42 Å². The first-order valence-electron chi connectivity index (χ1n) is 5.73. The van der Waals surface area contributed by atoms with E-state index in [1.165, 1.54) is 16.7 Å². The Morgan fingerprint density at radius 1 is 1.53 bits per heavy atom. The van der Waals surface area contributed by atoms with Gasteiger partial charge in [0.15, 0.2) is 0 Å². The van der Waals surface area contributed by atoms with Gasteiger partial charge in [-0.05, 0) is 43.0 Å². The average Bonchev–Trinajstić information content (AvgIpc) is 2.56. The van der Waals surface area contributed by atoms with Crippen LogP contribution >= 0.6 is 0 Å².